The Morgan fingerprint density at radius 1 is 1.39 bits per heavy atom. The van der Waals surface area contributed by atoms with Crippen LogP contribution in [-0.4, -0.2) is 98.6 Å². The van der Waals surface area contributed by atoms with Crippen molar-refractivity contribution >= 4 is 17.7 Å². The fourth-order valence-corrected chi connectivity index (χ4v) is 5.67. The van der Waals surface area contributed by atoms with Crippen molar-refractivity contribution in [1.82, 2.24) is 10.2 Å². The molecule has 0 aromatic rings. The molecular weight excluding hydrogens is 422 g/mol. The summed E-state index contributed by atoms with van der Waals surface area (Å²) in [6.07, 6.45) is -2.06. The number of nitrogens with one attached hydrogen (secondary N) is 1. The summed E-state index contributed by atoms with van der Waals surface area (Å²) in [4.78, 5) is 13.7. The molecule has 2 heterocycles. The lowest BCUT2D eigenvalue weighted by Gasteiger charge is -2.50. The number of amides is 1. The van der Waals surface area contributed by atoms with E-state index in [2.05, 4.69) is 12.2 Å². The smallest absolute Gasteiger partial charge is 0.237 e. The zero-order valence-electron chi connectivity index (χ0n) is 18.8. The van der Waals surface area contributed by atoms with Gasteiger partial charge in [0.15, 0.2) is 0 Å². The molecule has 9 nitrogen and oxygen atoms in total. The van der Waals surface area contributed by atoms with E-state index in [1.165, 1.54) is 6.92 Å². The van der Waals surface area contributed by atoms with Gasteiger partial charge < -0.3 is 30.5 Å². The maximum Gasteiger partial charge on any atom is 0.237 e. The van der Waals surface area contributed by atoms with Crippen molar-refractivity contribution < 1.29 is 30.0 Å². The molecule has 0 spiro atoms. The number of nitrogens with zero attached hydrogens (tertiary/aromatic N) is 2. The summed E-state index contributed by atoms with van der Waals surface area (Å²) >= 11 is 1.13. The molecule has 0 aromatic carbocycles. The number of rotatable bonds is 9. The predicted octanol–water partition coefficient (Wildman–Crippen LogP) is -0.183. The molecule has 2 rings (SSSR count). The third-order valence-electron chi connectivity index (χ3n) is 6.54. The number of aliphatic hydroxyl groups excluding tert-OH is 4. The molecule has 1 amide bonds. The third-order valence-corrected chi connectivity index (χ3v) is 7.78. The molecule has 0 unspecified atom stereocenters. The van der Waals surface area contributed by atoms with Gasteiger partial charge in [-0.3, -0.25) is 9.69 Å². The molecule has 0 aliphatic carbocycles. The molecule has 2 aliphatic heterocycles. The summed E-state index contributed by atoms with van der Waals surface area (Å²) in [6, 6.07) is 0.651. The minimum absolute atomic E-state index is 0.0742. The van der Waals surface area contributed by atoms with Crippen molar-refractivity contribution in [3.8, 4) is 6.07 Å². The van der Waals surface area contributed by atoms with Gasteiger partial charge in [0.2, 0.25) is 5.91 Å². The summed E-state index contributed by atoms with van der Waals surface area (Å²) in [5, 5.41) is 54.0. The minimum atomic E-state index is -1.55. The number of likely N-dealkylation sites (tertiary alicyclic amines) is 1. The van der Waals surface area contributed by atoms with Gasteiger partial charge in [-0.2, -0.15) is 5.26 Å². The Labute approximate surface area is 188 Å². The van der Waals surface area contributed by atoms with Crippen molar-refractivity contribution in [2.75, 3.05) is 19.8 Å². The van der Waals surface area contributed by atoms with Crippen molar-refractivity contribution in [3.63, 3.8) is 0 Å². The Bertz CT molecular complexity index is 647. The average molecular weight is 460 g/mol. The molecule has 178 valence electrons. The fraction of sp³-hybridized carbons (Fsp3) is 0.905. The number of carbonyl (C=O) groups excluding carboxylic acids is 1. The molecule has 10 heteroatoms. The summed E-state index contributed by atoms with van der Waals surface area (Å²) in [5.74, 6) is 0.162. The summed E-state index contributed by atoms with van der Waals surface area (Å²) < 4.78 is 6.06. The molecule has 0 aromatic heterocycles. The van der Waals surface area contributed by atoms with Gasteiger partial charge in [-0.15, -0.1) is 11.8 Å². The van der Waals surface area contributed by atoms with E-state index in [-0.39, 0.29) is 24.8 Å². The molecule has 0 radical (unpaired) electrons. The van der Waals surface area contributed by atoms with Crippen LogP contribution < -0.4 is 5.32 Å². The Morgan fingerprint density at radius 2 is 2.06 bits per heavy atom. The Hall–Kier alpha value is -0.930. The second kappa shape index (κ2) is 11.3. The SMILES string of the molecule is CCC[C@@H]1C[C@@H](C(=O)N[C@@H]([C@H]2O[C@](CCC#N)(SC)[C@H](O)[C@@H](O)[C@H]2O)[C@@H](C)O)N(C)C1. The number of carbonyl (C=O) groups is 1. The number of likely N-dealkylation sites (N-methyl/N-ethyl adjacent to an activating group) is 1. The van der Waals surface area contributed by atoms with Gasteiger partial charge >= 0.3 is 0 Å². The van der Waals surface area contributed by atoms with Crippen LogP contribution in [0.15, 0.2) is 0 Å². The van der Waals surface area contributed by atoms with E-state index < -0.39 is 41.5 Å². The van der Waals surface area contributed by atoms with E-state index in [1.807, 2.05) is 18.0 Å². The van der Waals surface area contributed by atoms with Crippen LogP contribution in [-0.2, 0) is 9.53 Å². The molecular formula is C21H37N3O6S. The van der Waals surface area contributed by atoms with Gasteiger partial charge in [0.1, 0.15) is 29.3 Å². The normalized spacial score (nSPS) is 38.4. The number of hydrogen-bond donors (Lipinski definition) is 5. The fourth-order valence-electron chi connectivity index (χ4n) is 4.77. The van der Waals surface area contributed by atoms with Crippen molar-refractivity contribution in [2.24, 2.45) is 5.92 Å². The van der Waals surface area contributed by atoms with Gasteiger partial charge in [-0.05, 0) is 39.0 Å². The minimum Gasteiger partial charge on any atom is -0.391 e. The Morgan fingerprint density at radius 3 is 2.61 bits per heavy atom. The summed E-state index contributed by atoms with van der Waals surface area (Å²) in [5.41, 5.74) is 0. The van der Waals surface area contributed by atoms with Gasteiger partial charge in [-0.25, -0.2) is 0 Å². The first-order valence-corrected chi connectivity index (χ1v) is 12.2. The second-order valence-electron chi connectivity index (χ2n) is 8.80. The number of aliphatic hydroxyl groups is 4. The first kappa shape index (κ1) is 26.3. The van der Waals surface area contributed by atoms with Crippen LogP contribution in [0.5, 0.6) is 0 Å². The number of thioether (sulfide) groups is 1. The first-order valence-electron chi connectivity index (χ1n) is 10.9. The van der Waals surface area contributed by atoms with Crippen LogP contribution in [0.2, 0.25) is 0 Å². The molecule has 5 N–H and O–H groups in total. The Kier molecular flexibility index (Phi) is 9.57. The second-order valence-corrected chi connectivity index (χ2v) is 9.90. The quantitative estimate of drug-likeness (QED) is 0.317. The molecule has 2 saturated heterocycles. The van der Waals surface area contributed by atoms with Crippen molar-refractivity contribution in [1.29, 1.82) is 5.26 Å². The van der Waals surface area contributed by atoms with E-state index in [4.69, 9.17) is 10.00 Å². The van der Waals surface area contributed by atoms with Crippen LogP contribution in [0.1, 0.15) is 46.0 Å². The molecule has 0 bridgehead atoms. The highest BCUT2D eigenvalue weighted by atomic mass is 32.2. The standard InChI is InChI=1S/C21H37N3O6S/c1-5-7-13-10-14(24(3)11-13)20(29)23-15(12(2)25)18-16(26)17(27)19(28)21(30-18,31-4)8-6-9-22/h12-19,25-28H,5-8,10-11H2,1-4H3,(H,23,29)/t12-,13-,14+,15-,16-,17+,18-,19-,21-/m1/s1. The molecule has 31 heavy (non-hydrogen) atoms. The lowest BCUT2D eigenvalue weighted by Crippen LogP contribution is -2.69. The zero-order valence-corrected chi connectivity index (χ0v) is 19.6. The highest BCUT2D eigenvalue weighted by Gasteiger charge is 2.55. The number of nitriles is 1. The van der Waals surface area contributed by atoms with E-state index in [9.17, 15) is 25.2 Å². The predicted molar refractivity (Wildman–Crippen MR) is 117 cm³/mol. The number of hydrogen-bond acceptors (Lipinski definition) is 9. The van der Waals surface area contributed by atoms with Gasteiger partial charge in [-0.1, -0.05) is 13.3 Å². The average Bonchev–Trinajstić information content (AvgIpc) is 3.10. The largest absolute Gasteiger partial charge is 0.391 e. The van der Waals surface area contributed by atoms with Gasteiger partial charge in [0.05, 0.1) is 24.3 Å². The summed E-state index contributed by atoms with van der Waals surface area (Å²) in [6.45, 7) is 4.41. The number of ether oxygens (including phenoxy) is 1. The third kappa shape index (κ3) is 5.71. The Balaban J connectivity index is 2.22. The molecule has 2 fully saturated rings. The topological polar surface area (TPSA) is 146 Å². The van der Waals surface area contributed by atoms with Crippen LogP contribution >= 0.6 is 11.8 Å². The summed E-state index contributed by atoms with van der Waals surface area (Å²) in [7, 11) is 1.89. The molecule has 2 aliphatic rings. The highest BCUT2D eigenvalue weighted by Crippen LogP contribution is 2.42. The monoisotopic (exact) mass is 459 g/mol. The maximum absolute atomic E-state index is 13.1. The molecule has 9 atom stereocenters. The van der Waals surface area contributed by atoms with Crippen LogP contribution in [0, 0.1) is 17.2 Å². The lowest BCUT2D eigenvalue weighted by atomic mass is 9.87. The molecule has 0 saturated carbocycles. The van der Waals surface area contributed by atoms with Crippen molar-refractivity contribution in [3.05, 3.63) is 0 Å². The first-order chi connectivity index (χ1) is 14.6. The lowest BCUT2D eigenvalue weighted by molar-refractivity contribution is -0.247. The van der Waals surface area contributed by atoms with E-state index in [0.717, 1.165) is 37.6 Å². The van der Waals surface area contributed by atoms with Crippen molar-refractivity contribution in [2.45, 2.75) is 93.5 Å². The van der Waals surface area contributed by atoms with E-state index in [0.29, 0.717) is 5.92 Å². The maximum atomic E-state index is 13.1. The zero-order chi connectivity index (χ0) is 23.3. The van der Waals surface area contributed by atoms with Crippen LogP contribution in [0.4, 0.5) is 0 Å². The highest BCUT2D eigenvalue weighted by molar-refractivity contribution is 7.99. The van der Waals surface area contributed by atoms with Gasteiger partial charge in [0, 0.05) is 19.4 Å². The van der Waals surface area contributed by atoms with Crippen LogP contribution in [0.25, 0.3) is 0 Å². The van der Waals surface area contributed by atoms with E-state index >= 15 is 0 Å². The van der Waals surface area contributed by atoms with E-state index in [1.54, 1.807) is 6.26 Å². The van der Waals surface area contributed by atoms with Gasteiger partial charge in [0.25, 0.3) is 0 Å². The van der Waals surface area contributed by atoms with Crippen LogP contribution in [0.3, 0.4) is 0 Å².